The van der Waals surface area contributed by atoms with E-state index in [0.29, 0.717) is 17.1 Å². The van der Waals surface area contributed by atoms with Gasteiger partial charge in [-0.25, -0.2) is 4.98 Å². The number of furan rings is 1. The summed E-state index contributed by atoms with van der Waals surface area (Å²) in [6.45, 7) is 3.47. The van der Waals surface area contributed by atoms with E-state index < -0.39 is 0 Å². The third kappa shape index (κ3) is 3.44. The van der Waals surface area contributed by atoms with Crippen LogP contribution in [0.2, 0.25) is 0 Å². The van der Waals surface area contributed by atoms with Gasteiger partial charge in [0, 0.05) is 6.20 Å². The minimum atomic E-state index is -0.344. The van der Waals surface area contributed by atoms with Gasteiger partial charge in [-0.1, -0.05) is 6.07 Å². The summed E-state index contributed by atoms with van der Waals surface area (Å²) in [6, 6.07) is 5.11. The van der Waals surface area contributed by atoms with Gasteiger partial charge in [-0.05, 0) is 31.5 Å². The average molecular weight is 273 g/mol. The molecule has 0 unspecified atom stereocenters. The van der Waals surface area contributed by atoms with E-state index in [1.807, 2.05) is 13.0 Å². The summed E-state index contributed by atoms with van der Waals surface area (Å²) in [5, 5.41) is 5.11. The number of hydrogen-bond donors (Lipinski definition) is 2. The molecule has 0 radical (unpaired) electrons. The molecule has 20 heavy (non-hydrogen) atoms. The highest BCUT2D eigenvalue weighted by molar-refractivity contribution is 5.99. The summed E-state index contributed by atoms with van der Waals surface area (Å²) in [5.41, 5.74) is 1.43. The fourth-order valence-electron chi connectivity index (χ4n) is 1.61. The molecule has 0 aliphatic carbocycles. The van der Waals surface area contributed by atoms with Gasteiger partial charge in [0.05, 0.1) is 18.4 Å². The number of aryl methyl sites for hydroxylation is 2. The first-order chi connectivity index (χ1) is 9.56. The lowest BCUT2D eigenvalue weighted by atomic mass is 10.2. The Morgan fingerprint density at radius 3 is 2.65 bits per heavy atom. The second-order valence-corrected chi connectivity index (χ2v) is 4.34. The van der Waals surface area contributed by atoms with Gasteiger partial charge in [-0.2, -0.15) is 0 Å². The average Bonchev–Trinajstić information content (AvgIpc) is 2.85. The van der Waals surface area contributed by atoms with Gasteiger partial charge < -0.3 is 15.1 Å². The monoisotopic (exact) mass is 273 g/mol. The van der Waals surface area contributed by atoms with Crippen LogP contribution in [0.1, 0.15) is 21.7 Å². The van der Waals surface area contributed by atoms with E-state index >= 15 is 0 Å². The molecule has 2 N–H and O–H groups in total. The third-order valence-corrected chi connectivity index (χ3v) is 2.69. The van der Waals surface area contributed by atoms with E-state index in [1.165, 1.54) is 6.26 Å². The zero-order valence-corrected chi connectivity index (χ0v) is 11.3. The summed E-state index contributed by atoms with van der Waals surface area (Å²) in [6.07, 6.45) is 3.09. The van der Waals surface area contributed by atoms with Gasteiger partial charge in [-0.3, -0.25) is 9.59 Å². The Kier molecular flexibility index (Phi) is 4.14. The Balaban J connectivity index is 1.85. The number of nitrogens with zero attached hydrogens (tertiary/aromatic N) is 1. The van der Waals surface area contributed by atoms with E-state index in [9.17, 15) is 9.59 Å². The van der Waals surface area contributed by atoms with Crippen LogP contribution in [0.4, 0.5) is 5.82 Å². The number of carbonyl (C=O) groups is 2. The molecule has 0 aliphatic rings. The first kappa shape index (κ1) is 13.8. The zero-order chi connectivity index (χ0) is 14.5. The molecule has 0 saturated heterocycles. The van der Waals surface area contributed by atoms with Crippen LogP contribution in [0.5, 0.6) is 0 Å². The molecule has 2 heterocycles. The van der Waals surface area contributed by atoms with Crippen LogP contribution in [-0.4, -0.2) is 23.3 Å². The first-order valence-corrected chi connectivity index (χ1v) is 6.11. The van der Waals surface area contributed by atoms with Crippen LogP contribution < -0.4 is 10.6 Å². The Hall–Kier alpha value is -2.63. The van der Waals surface area contributed by atoms with Crippen molar-refractivity contribution >= 4 is 17.6 Å². The lowest BCUT2D eigenvalue weighted by Gasteiger charge is -2.06. The summed E-state index contributed by atoms with van der Waals surface area (Å²) < 4.78 is 5.03. The van der Waals surface area contributed by atoms with Gasteiger partial charge in [0.1, 0.15) is 11.6 Å². The maximum Gasteiger partial charge on any atom is 0.255 e. The van der Waals surface area contributed by atoms with Crippen molar-refractivity contribution in [2.75, 3.05) is 11.9 Å². The standard InChI is InChI=1S/C14H15N3O3/c1-9-3-4-12(15-7-9)17-13(18)8-16-14(19)11-5-6-20-10(11)2/h3-7H,8H2,1-2H3,(H,16,19)(H,15,17,18). The Morgan fingerprint density at radius 2 is 2.05 bits per heavy atom. The van der Waals surface area contributed by atoms with Crippen molar-refractivity contribution < 1.29 is 14.0 Å². The van der Waals surface area contributed by atoms with Crippen LogP contribution >= 0.6 is 0 Å². The van der Waals surface area contributed by atoms with Crippen molar-refractivity contribution in [2.24, 2.45) is 0 Å². The predicted molar refractivity (Wildman–Crippen MR) is 73.4 cm³/mol. The predicted octanol–water partition coefficient (Wildman–Crippen LogP) is 1.66. The molecule has 0 aromatic carbocycles. The molecule has 0 saturated carbocycles. The molecule has 104 valence electrons. The summed E-state index contributed by atoms with van der Waals surface area (Å²) in [4.78, 5) is 27.5. The second-order valence-electron chi connectivity index (χ2n) is 4.34. The molecule has 0 atom stereocenters. The highest BCUT2D eigenvalue weighted by Gasteiger charge is 2.12. The highest BCUT2D eigenvalue weighted by Crippen LogP contribution is 2.08. The van der Waals surface area contributed by atoms with Crippen molar-refractivity contribution in [3.05, 3.63) is 47.5 Å². The summed E-state index contributed by atoms with van der Waals surface area (Å²) >= 11 is 0. The minimum absolute atomic E-state index is 0.126. The molecule has 0 spiro atoms. The lowest BCUT2D eigenvalue weighted by molar-refractivity contribution is -0.115. The van der Waals surface area contributed by atoms with Crippen LogP contribution in [-0.2, 0) is 4.79 Å². The van der Waals surface area contributed by atoms with E-state index in [-0.39, 0.29) is 18.4 Å². The maximum atomic E-state index is 11.8. The van der Waals surface area contributed by atoms with Gasteiger partial charge in [0.25, 0.3) is 5.91 Å². The number of aromatic nitrogens is 1. The number of hydrogen-bond acceptors (Lipinski definition) is 4. The zero-order valence-electron chi connectivity index (χ0n) is 11.3. The quantitative estimate of drug-likeness (QED) is 0.887. The SMILES string of the molecule is Cc1ccc(NC(=O)CNC(=O)c2ccoc2C)nc1. The normalized spacial score (nSPS) is 10.1. The molecule has 6 nitrogen and oxygen atoms in total. The van der Waals surface area contributed by atoms with Crippen LogP contribution in [0.15, 0.2) is 35.1 Å². The smallest absolute Gasteiger partial charge is 0.255 e. The fourth-order valence-corrected chi connectivity index (χ4v) is 1.61. The third-order valence-electron chi connectivity index (χ3n) is 2.69. The molecule has 2 amide bonds. The number of nitrogens with one attached hydrogen (secondary N) is 2. The lowest BCUT2D eigenvalue weighted by Crippen LogP contribution is -2.33. The van der Waals surface area contributed by atoms with Gasteiger partial charge in [-0.15, -0.1) is 0 Å². The molecule has 0 fully saturated rings. The number of carbonyl (C=O) groups excluding carboxylic acids is 2. The molecule has 0 aliphatic heterocycles. The number of amides is 2. The summed E-state index contributed by atoms with van der Waals surface area (Å²) in [7, 11) is 0. The molecule has 2 aromatic rings. The van der Waals surface area contributed by atoms with E-state index in [0.717, 1.165) is 5.56 Å². The van der Waals surface area contributed by atoms with E-state index in [4.69, 9.17) is 4.42 Å². The largest absolute Gasteiger partial charge is 0.469 e. The van der Waals surface area contributed by atoms with Crippen LogP contribution in [0.3, 0.4) is 0 Å². The van der Waals surface area contributed by atoms with Crippen molar-refractivity contribution in [2.45, 2.75) is 13.8 Å². The van der Waals surface area contributed by atoms with Gasteiger partial charge in [0.15, 0.2) is 0 Å². The fraction of sp³-hybridized carbons (Fsp3) is 0.214. The highest BCUT2D eigenvalue weighted by atomic mass is 16.3. The minimum Gasteiger partial charge on any atom is -0.469 e. The van der Waals surface area contributed by atoms with Crippen molar-refractivity contribution in [1.29, 1.82) is 0 Å². The Bertz CT molecular complexity index is 617. The second kappa shape index (κ2) is 6.01. The molecule has 2 rings (SSSR count). The molecule has 6 heteroatoms. The van der Waals surface area contributed by atoms with Crippen molar-refractivity contribution in [3.8, 4) is 0 Å². The molecule has 2 aromatic heterocycles. The maximum absolute atomic E-state index is 11.8. The Labute approximate surface area is 116 Å². The first-order valence-electron chi connectivity index (χ1n) is 6.11. The van der Waals surface area contributed by atoms with Crippen molar-refractivity contribution in [3.63, 3.8) is 0 Å². The van der Waals surface area contributed by atoms with E-state index in [1.54, 1.807) is 25.3 Å². The summed E-state index contributed by atoms with van der Waals surface area (Å²) in [5.74, 6) is 0.288. The van der Waals surface area contributed by atoms with Crippen LogP contribution in [0, 0.1) is 13.8 Å². The number of anilines is 1. The molecular formula is C14H15N3O3. The molecular weight excluding hydrogens is 258 g/mol. The number of rotatable bonds is 4. The van der Waals surface area contributed by atoms with Crippen molar-refractivity contribution in [1.82, 2.24) is 10.3 Å². The Morgan fingerprint density at radius 1 is 1.25 bits per heavy atom. The van der Waals surface area contributed by atoms with Crippen LogP contribution in [0.25, 0.3) is 0 Å². The van der Waals surface area contributed by atoms with E-state index in [2.05, 4.69) is 15.6 Å². The van der Waals surface area contributed by atoms with Gasteiger partial charge >= 0.3 is 0 Å². The van der Waals surface area contributed by atoms with Gasteiger partial charge in [0.2, 0.25) is 5.91 Å². The topological polar surface area (TPSA) is 84.2 Å². The number of pyridine rings is 1. The molecule has 0 bridgehead atoms.